The molecule has 0 radical (unpaired) electrons. The van der Waals surface area contributed by atoms with Crippen LogP contribution in [0.4, 0.5) is 0 Å². The molecule has 4 rings (SSSR count). The van der Waals surface area contributed by atoms with E-state index in [0.717, 1.165) is 36.1 Å². The Kier molecular flexibility index (Phi) is 9.15. The summed E-state index contributed by atoms with van der Waals surface area (Å²) in [5.74, 6) is 3.58. The molecule has 2 fully saturated rings. The SMILES string of the molecule is COc1ccc2c(c1)CC[C@@H]1[C@@H]2CC[C@]2(C)[C@@H](NCCCCCN)CC[C@@H]12.Cl.Cl. The number of fused-ring (bicyclic) bond motifs is 5. The van der Waals surface area contributed by atoms with Gasteiger partial charge < -0.3 is 15.8 Å². The van der Waals surface area contributed by atoms with Crippen LogP contribution in [0.25, 0.3) is 0 Å². The summed E-state index contributed by atoms with van der Waals surface area (Å²) in [5.41, 5.74) is 9.31. The van der Waals surface area contributed by atoms with E-state index in [1.54, 1.807) is 18.2 Å². The second-order valence-electron chi connectivity index (χ2n) is 9.46. The number of halogens is 2. The molecule has 166 valence electrons. The molecule has 3 aliphatic carbocycles. The quantitative estimate of drug-likeness (QED) is 0.549. The number of benzene rings is 1. The average Bonchev–Trinajstić information content (AvgIpc) is 3.03. The van der Waals surface area contributed by atoms with Gasteiger partial charge in [0.15, 0.2) is 0 Å². The monoisotopic (exact) mass is 442 g/mol. The van der Waals surface area contributed by atoms with Gasteiger partial charge in [-0.05, 0) is 111 Å². The molecule has 29 heavy (non-hydrogen) atoms. The predicted octanol–water partition coefficient (Wildman–Crippen LogP) is 5.48. The lowest BCUT2D eigenvalue weighted by Gasteiger charge is -2.51. The predicted molar refractivity (Wildman–Crippen MR) is 127 cm³/mol. The lowest BCUT2D eigenvalue weighted by Crippen LogP contribution is -2.48. The van der Waals surface area contributed by atoms with Crippen LogP contribution in [0.15, 0.2) is 18.2 Å². The zero-order chi connectivity index (χ0) is 18.9. The van der Waals surface area contributed by atoms with Crippen molar-refractivity contribution in [2.45, 2.75) is 76.7 Å². The van der Waals surface area contributed by atoms with Crippen LogP contribution in [0, 0.1) is 17.3 Å². The highest BCUT2D eigenvalue weighted by molar-refractivity contribution is 5.85. The Morgan fingerprint density at radius 2 is 1.93 bits per heavy atom. The molecule has 0 bridgehead atoms. The van der Waals surface area contributed by atoms with E-state index in [1.165, 1.54) is 64.3 Å². The Bertz CT molecular complexity index is 656. The molecule has 3 N–H and O–H groups in total. The van der Waals surface area contributed by atoms with E-state index in [4.69, 9.17) is 10.5 Å². The Hall–Kier alpha value is -0.480. The number of hydrogen-bond donors (Lipinski definition) is 2. The molecule has 0 saturated heterocycles. The molecule has 0 aliphatic heterocycles. The van der Waals surface area contributed by atoms with Crippen molar-refractivity contribution in [3.63, 3.8) is 0 Å². The summed E-state index contributed by atoms with van der Waals surface area (Å²) >= 11 is 0. The third-order valence-corrected chi connectivity index (χ3v) is 8.21. The molecule has 0 amide bonds. The number of ether oxygens (including phenoxy) is 1. The highest BCUT2D eigenvalue weighted by Crippen LogP contribution is 2.60. The van der Waals surface area contributed by atoms with Gasteiger partial charge in [-0.2, -0.15) is 0 Å². The second kappa shape index (κ2) is 10.7. The molecule has 1 aromatic rings. The maximum Gasteiger partial charge on any atom is 0.119 e. The van der Waals surface area contributed by atoms with Crippen LogP contribution in [0.1, 0.15) is 75.3 Å². The molecule has 0 heterocycles. The molecule has 3 nitrogen and oxygen atoms in total. The fraction of sp³-hybridized carbons (Fsp3) is 0.750. The summed E-state index contributed by atoms with van der Waals surface area (Å²) in [6.07, 6.45) is 11.8. The highest BCUT2D eigenvalue weighted by atomic mass is 35.5. The Morgan fingerprint density at radius 1 is 1.10 bits per heavy atom. The average molecular weight is 444 g/mol. The molecular weight excluding hydrogens is 403 g/mol. The van der Waals surface area contributed by atoms with Crippen molar-refractivity contribution in [3.8, 4) is 5.75 Å². The maximum absolute atomic E-state index is 5.63. The third-order valence-electron chi connectivity index (χ3n) is 8.21. The van der Waals surface area contributed by atoms with E-state index in [0.29, 0.717) is 5.41 Å². The van der Waals surface area contributed by atoms with Gasteiger partial charge in [0.05, 0.1) is 7.11 Å². The van der Waals surface area contributed by atoms with Gasteiger partial charge in [0.25, 0.3) is 0 Å². The van der Waals surface area contributed by atoms with Crippen LogP contribution in [-0.2, 0) is 6.42 Å². The van der Waals surface area contributed by atoms with Crippen molar-refractivity contribution in [2.24, 2.45) is 23.0 Å². The highest BCUT2D eigenvalue weighted by Gasteiger charge is 2.54. The van der Waals surface area contributed by atoms with Gasteiger partial charge in [0.2, 0.25) is 0 Å². The van der Waals surface area contributed by atoms with Crippen LogP contribution in [0.3, 0.4) is 0 Å². The van der Waals surface area contributed by atoms with E-state index in [2.05, 4.69) is 30.4 Å². The van der Waals surface area contributed by atoms with E-state index in [1.807, 2.05) is 0 Å². The number of methoxy groups -OCH3 is 1. The van der Waals surface area contributed by atoms with Crippen molar-refractivity contribution in [1.29, 1.82) is 0 Å². The fourth-order valence-corrected chi connectivity index (χ4v) is 6.74. The van der Waals surface area contributed by atoms with Gasteiger partial charge in [0.1, 0.15) is 5.75 Å². The molecule has 3 aliphatic rings. The van der Waals surface area contributed by atoms with E-state index >= 15 is 0 Å². The number of aryl methyl sites for hydroxylation is 1. The fourth-order valence-electron chi connectivity index (χ4n) is 6.74. The zero-order valence-corrected chi connectivity index (χ0v) is 19.8. The summed E-state index contributed by atoms with van der Waals surface area (Å²) < 4.78 is 5.46. The lowest BCUT2D eigenvalue weighted by molar-refractivity contribution is 0.0412. The molecule has 0 unspecified atom stereocenters. The first-order valence-electron chi connectivity index (χ1n) is 11.3. The standard InChI is InChI=1S/C24H38N2O.2ClH/c1-24-13-12-20-19-9-7-18(27-2)16-17(19)6-8-21(20)22(24)10-11-23(24)26-15-5-3-4-14-25;;/h7,9,16,20-23,26H,3-6,8,10-15,25H2,1-2H3;2*1H/t20-,21-,22+,23+,24+;;/m1../s1. The molecule has 0 aromatic heterocycles. The van der Waals surface area contributed by atoms with Gasteiger partial charge in [-0.1, -0.05) is 19.4 Å². The van der Waals surface area contributed by atoms with Crippen LogP contribution >= 0.6 is 24.8 Å². The van der Waals surface area contributed by atoms with Crippen molar-refractivity contribution >= 4 is 24.8 Å². The normalized spacial score (nSPS) is 32.2. The van der Waals surface area contributed by atoms with E-state index in [-0.39, 0.29) is 24.8 Å². The first-order chi connectivity index (χ1) is 13.2. The summed E-state index contributed by atoms with van der Waals surface area (Å²) in [7, 11) is 1.78. The van der Waals surface area contributed by atoms with Gasteiger partial charge in [0, 0.05) is 6.04 Å². The number of rotatable bonds is 7. The number of unbranched alkanes of at least 4 members (excludes halogenated alkanes) is 2. The van der Waals surface area contributed by atoms with Gasteiger partial charge >= 0.3 is 0 Å². The molecule has 2 saturated carbocycles. The minimum Gasteiger partial charge on any atom is -0.497 e. The minimum atomic E-state index is 0. The van der Waals surface area contributed by atoms with Crippen molar-refractivity contribution in [3.05, 3.63) is 29.3 Å². The van der Waals surface area contributed by atoms with Crippen LogP contribution in [-0.4, -0.2) is 26.2 Å². The Labute approximate surface area is 189 Å². The molecule has 1 aromatic carbocycles. The van der Waals surface area contributed by atoms with Gasteiger partial charge in [-0.3, -0.25) is 0 Å². The second-order valence-corrected chi connectivity index (χ2v) is 9.46. The van der Waals surface area contributed by atoms with Crippen molar-refractivity contribution < 1.29 is 4.74 Å². The van der Waals surface area contributed by atoms with E-state index < -0.39 is 0 Å². The maximum atomic E-state index is 5.63. The summed E-state index contributed by atoms with van der Waals surface area (Å²) in [4.78, 5) is 0. The Balaban J connectivity index is 0.00000150. The zero-order valence-electron chi connectivity index (χ0n) is 18.1. The van der Waals surface area contributed by atoms with Gasteiger partial charge in [-0.25, -0.2) is 0 Å². The van der Waals surface area contributed by atoms with Crippen molar-refractivity contribution in [2.75, 3.05) is 20.2 Å². The summed E-state index contributed by atoms with van der Waals surface area (Å²) in [5, 5.41) is 3.95. The smallest absolute Gasteiger partial charge is 0.119 e. The third kappa shape index (κ3) is 4.74. The summed E-state index contributed by atoms with van der Waals surface area (Å²) in [6, 6.07) is 7.56. The van der Waals surface area contributed by atoms with Crippen LogP contribution in [0.2, 0.25) is 0 Å². The molecule has 5 heteroatoms. The topological polar surface area (TPSA) is 47.3 Å². The summed E-state index contributed by atoms with van der Waals surface area (Å²) in [6.45, 7) is 4.60. The van der Waals surface area contributed by atoms with Crippen LogP contribution < -0.4 is 15.8 Å². The van der Waals surface area contributed by atoms with Gasteiger partial charge in [-0.15, -0.1) is 24.8 Å². The minimum absolute atomic E-state index is 0. The lowest BCUT2D eigenvalue weighted by atomic mass is 9.55. The molecular formula is C24H40Cl2N2O. The number of nitrogens with one attached hydrogen (secondary N) is 1. The molecule has 0 spiro atoms. The first-order valence-corrected chi connectivity index (χ1v) is 11.3. The van der Waals surface area contributed by atoms with E-state index in [9.17, 15) is 0 Å². The number of hydrogen-bond acceptors (Lipinski definition) is 3. The van der Waals surface area contributed by atoms with Crippen molar-refractivity contribution in [1.82, 2.24) is 5.32 Å². The largest absolute Gasteiger partial charge is 0.497 e. The number of nitrogens with two attached hydrogens (primary N) is 1. The van der Waals surface area contributed by atoms with Crippen LogP contribution in [0.5, 0.6) is 5.75 Å². The Morgan fingerprint density at radius 3 is 2.69 bits per heavy atom. The molecule has 5 atom stereocenters. The first kappa shape index (κ1) is 24.8.